The van der Waals surface area contributed by atoms with Crippen LogP contribution in [0, 0.1) is 0 Å². The van der Waals surface area contributed by atoms with Crippen molar-refractivity contribution in [2.75, 3.05) is 0 Å². The van der Waals surface area contributed by atoms with Crippen molar-refractivity contribution in [3.05, 3.63) is 0 Å². The zero-order valence-electron chi connectivity index (χ0n) is 1.97. The molecule has 0 rings (SSSR count). The van der Waals surface area contributed by atoms with Gasteiger partial charge in [-0.3, -0.25) is 0 Å². The molecule has 0 aromatic carbocycles. The molecule has 0 unspecified atom stereocenters. The predicted molar refractivity (Wildman–Crippen MR) is 2.06 cm³/mol. The van der Waals surface area contributed by atoms with E-state index >= 15 is 0 Å². The van der Waals surface area contributed by atoms with Gasteiger partial charge in [-0.15, -0.1) is 0 Å². The summed E-state index contributed by atoms with van der Waals surface area (Å²) in [4.78, 5) is 0. The van der Waals surface area contributed by atoms with Crippen LogP contribution in [0.4, 0.5) is 0 Å². The Balaban J connectivity index is 0. The Morgan fingerprint density at radius 1 is 0.600 bits per heavy atom. The Morgan fingerprint density at radius 2 is 0.600 bits per heavy atom. The molecular weight excluding hydrogens is 292 g/mol. The normalized spacial score (nSPS) is 0. The Kier molecular flexibility index (Phi) is 2040. The largest absolute Gasteiger partial charge is 3.00 e. The van der Waals surface area contributed by atoms with Gasteiger partial charge < -0.3 is 16.4 Å². The van der Waals surface area contributed by atoms with Gasteiger partial charge in [0.15, 0.2) is 0 Å². The molecule has 0 aliphatic rings. The molecular formula is CrIrO3. The van der Waals surface area contributed by atoms with Gasteiger partial charge in [-0.25, -0.2) is 0 Å². The Morgan fingerprint density at radius 3 is 0.600 bits per heavy atom. The molecule has 1 radical (unpaired) electrons. The van der Waals surface area contributed by atoms with Crippen molar-refractivity contribution in [1.82, 2.24) is 0 Å². The fraction of sp³-hybridized carbons (Fsp3) is 0. The smallest absolute Gasteiger partial charge is 2.00 e. The second-order valence-corrected chi connectivity index (χ2v) is 0. The van der Waals surface area contributed by atoms with E-state index in [9.17, 15) is 0 Å². The van der Waals surface area contributed by atoms with Crippen LogP contribution in [0.1, 0.15) is 0 Å². The molecule has 0 fully saturated rings. The molecule has 0 aromatic heterocycles. The SMILES string of the molecule is [Cr+3].[Ir+3].[O-2].[O-2].[O-2]. The summed E-state index contributed by atoms with van der Waals surface area (Å²) in [6, 6.07) is 0. The molecule has 0 amide bonds. The van der Waals surface area contributed by atoms with Crippen molar-refractivity contribution in [3.8, 4) is 0 Å². The molecule has 0 aliphatic heterocycles. The van der Waals surface area contributed by atoms with Crippen LogP contribution in [0.5, 0.6) is 0 Å². The van der Waals surface area contributed by atoms with Gasteiger partial charge in [0, 0.05) is 0 Å². The Hall–Kier alpha value is 1.06. The van der Waals surface area contributed by atoms with Gasteiger partial charge in [-0.05, 0) is 0 Å². The monoisotopic (exact) mass is 293 g/mol. The molecule has 0 spiro atoms. The van der Waals surface area contributed by atoms with Gasteiger partial charge in [0.05, 0.1) is 0 Å². The molecule has 0 atom stereocenters. The van der Waals surface area contributed by atoms with Gasteiger partial charge in [0.25, 0.3) is 0 Å². The molecule has 33 valence electrons. The number of rotatable bonds is 0. The summed E-state index contributed by atoms with van der Waals surface area (Å²) in [5.41, 5.74) is 0. The fourth-order valence-corrected chi connectivity index (χ4v) is 0. The van der Waals surface area contributed by atoms with Crippen LogP contribution >= 0.6 is 0 Å². The third-order valence-corrected chi connectivity index (χ3v) is 0. The third kappa shape index (κ3) is 42.1. The molecule has 0 saturated carbocycles. The average molecular weight is 292 g/mol. The molecule has 0 aliphatic carbocycles. The maximum atomic E-state index is 0. The van der Waals surface area contributed by atoms with Crippen molar-refractivity contribution in [2.24, 2.45) is 0 Å². The quantitative estimate of drug-likeness (QED) is 0.584. The van der Waals surface area contributed by atoms with Crippen LogP contribution in [0.15, 0.2) is 0 Å². The Bertz CT molecular complexity index is 6.85. The van der Waals surface area contributed by atoms with E-state index in [-0.39, 0.29) is 53.9 Å². The Labute approximate surface area is 54.2 Å². The van der Waals surface area contributed by atoms with Crippen LogP contribution in [0.25, 0.3) is 0 Å². The van der Waals surface area contributed by atoms with E-state index in [1.807, 2.05) is 0 Å². The zero-order valence-corrected chi connectivity index (χ0v) is 5.64. The van der Waals surface area contributed by atoms with Gasteiger partial charge in [0.1, 0.15) is 0 Å². The van der Waals surface area contributed by atoms with Crippen molar-refractivity contribution < 1.29 is 53.9 Å². The van der Waals surface area contributed by atoms with Crippen molar-refractivity contribution in [3.63, 3.8) is 0 Å². The fourth-order valence-electron chi connectivity index (χ4n) is 0. The first-order chi connectivity index (χ1) is 0. The van der Waals surface area contributed by atoms with Crippen molar-refractivity contribution >= 4 is 0 Å². The van der Waals surface area contributed by atoms with E-state index in [0.717, 1.165) is 0 Å². The molecule has 5 heavy (non-hydrogen) atoms. The first kappa shape index (κ1) is 138. The summed E-state index contributed by atoms with van der Waals surface area (Å²) >= 11 is 0. The minimum atomic E-state index is 0. The summed E-state index contributed by atoms with van der Waals surface area (Å²) in [6.45, 7) is 0. The second-order valence-electron chi connectivity index (χ2n) is 0. The first-order valence-corrected chi connectivity index (χ1v) is 0. The minimum absolute atomic E-state index is 0. The van der Waals surface area contributed by atoms with E-state index in [2.05, 4.69) is 0 Å². The van der Waals surface area contributed by atoms with Gasteiger partial charge >= 0.3 is 37.5 Å². The summed E-state index contributed by atoms with van der Waals surface area (Å²) in [5.74, 6) is 0. The zero-order chi connectivity index (χ0) is 0. The summed E-state index contributed by atoms with van der Waals surface area (Å²) < 4.78 is 0. The second kappa shape index (κ2) is 74.1. The van der Waals surface area contributed by atoms with E-state index < -0.39 is 0 Å². The maximum Gasteiger partial charge on any atom is 3.00 e. The molecule has 5 heteroatoms. The predicted octanol–water partition coefficient (Wildman–Crippen LogP) is -0.361. The van der Waals surface area contributed by atoms with E-state index in [1.165, 1.54) is 0 Å². The number of hydrogen-bond acceptors (Lipinski definition) is 0. The van der Waals surface area contributed by atoms with Crippen LogP contribution in [-0.2, 0) is 53.9 Å². The molecule has 0 saturated heterocycles. The van der Waals surface area contributed by atoms with Crippen LogP contribution in [0.2, 0.25) is 0 Å². The maximum absolute atomic E-state index is 0. The first-order valence-electron chi connectivity index (χ1n) is 0. The molecule has 0 N–H and O–H groups in total. The van der Waals surface area contributed by atoms with Gasteiger partial charge in [-0.1, -0.05) is 0 Å². The molecule has 0 heterocycles. The summed E-state index contributed by atoms with van der Waals surface area (Å²) in [6.07, 6.45) is 0. The van der Waals surface area contributed by atoms with Crippen molar-refractivity contribution in [2.45, 2.75) is 0 Å². The topological polar surface area (TPSA) is 85.5 Å². The van der Waals surface area contributed by atoms with Crippen LogP contribution in [-0.4, -0.2) is 0 Å². The van der Waals surface area contributed by atoms with Crippen LogP contribution < -0.4 is 0 Å². The standard InChI is InChI=1S/Cr.Ir.3O/q2*+3;3*-2. The van der Waals surface area contributed by atoms with Gasteiger partial charge in [0.2, 0.25) is 0 Å². The van der Waals surface area contributed by atoms with E-state index in [0.29, 0.717) is 0 Å². The van der Waals surface area contributed by atoms with E-state index in [1.54, 1.807) is 0 Å². The number of hydrogen-bond donors (Lipinski definition) is 0. The molecule has 0 bridgehead atoms. The van der Waals surface area contributed by atoms with Crippen molar-refractivity contribution in [1.29, 1.82) is 0 Å². The minimum Gasteiger partial charge on any atom is -2.00 e. The average Bonchev–Trinajstić information content (AvgIpc) is 0. The van der Waals surface area contributed by atoms with E-state index in [4.69, 9.17) is 0 Å². The third-order valence-electron chi connectivity index (χ3n) is 0. The van der Waals surface area contributed by atoms with Gasteiger partial charge in [-0.2, -0.15) is 0 Å². The molecule has 0 aromatic rings. The summed E-state index contributed by atoms with van der Waals surface area (Å²) in [7, 11) is 0. The summed E-state index contributed by atoms with van der Waals surface area (Å²) in [5, 5.41) is 0. The van der Waals surface area contributed by atoms with Crippen LogP contribution in [0.3, 0.4) is 0 Å². The molecule has 3 nitrogen and oxygen atoms in total.